The van der Waals surface area contributed by atoms with Gasteiger partial charge in [-0.15, -0.1) is 0 Å². The van der Waals surface area contributed by atoms with Crippen LogP contribution in [0.2, 0.25) is 0 Å². The third-order valence-electron chi connectivity index (χ3n) is 13.5. The molecule has 0 saturated heterocycles. The Balaban J connectivity index is 0.856. The second-order valence-corrected chi connectivity index (χ2v) is 17.3. The van der Waals surface area contributed by atoms with Crippen molar-refractivity contribution in [3.63, 3.8) is 0 Å². The van der Waals surface area contributed by atoms with Crippen LogP contribution in [0.15, 0.2) is 243 Å². The van der Waals surface area contributed by atoms with Crippen LogP contribution in [-0.4, -0.2) is 9.97 Å². The molecule has 11 aromatic carbocycles. The highest BCUT2D eigenvalue weighted by atomic mass is 14.7. The van der Waals surface area contributed by atoms with E-state index >= 15 is 0 Å². The van der Waals surface area contributed by atoms with Gasteiger partial charge in [-0.25, -0.2) is 0 Å². The second-order valence-electron chi connectivity index (χ2n) is 17.3. The molecular weight excluding hydrogens is 797 g/mol. The molecule has 2 aromatic heterocycles. The number of rotatable bonds is 6. The lowest BCUT2D eigenvalue weighted by Crippen LogP contribution is -1.93. The molecule has 306 valence electrons. The Kier molecular flexibility index (Phi) is 8.89. The van der Waals surface area contributed by atoms with E-state index in [0.29, 0.717) is 0 Å². The van der Waals surface area contributed by atoms with E-state index in [9.17, 15) is 0 Å². The fraction of sp³-hybridized carbons (Fsp3) is 0. The molecule has 0 amide bonds. The average molecular weight is 837 g/mol. The summed E-state index contributed by atoms with van der Waals surface area (Å²) in [6.45, 7) is 0. The van der Waals surface area contributed by atoms with Crippen LogP contribution in [0.25, 0.3) is 132 Å². The Morgan fingerprint density at radius 3 is 0.833 bits per heavy atom. The van der Waals surface area contributed by atoms with E-state index in [1.54, 1.807) is 0 Å². The molecule has 2 nitrogen and oxygen atoms in total. The second kappa shape index (κ2) is 15.5. The standard InChI is InChI=1S/C64H40N2/c1-3-16-43-36-47(30-28-41(43)14-1)61-51-20-5-9-24-55(51)63(56-25-10-6-21-52(56)61)49-32-34-59(65-39-49)45-18-13-19-46(38-45)60-35-33-50(40-66-60)64-57-26-11-7-22-53(57)62(54-23-8-12-27-58(54)64)48-31-29-42-15-2-4-17-44(42)37-48/h1-40H. The monoisotopic (exact) mass is 836 g/mol. The van der Waals surface area contributed by atoms with Gasteiger partial charge in [0.15, 0.2) is 0 Å². The molecule has 0 radical (unpaired) electrons. The highest BCUT2D eigenvalue weighted by molar-refractivity contribution is 6.23. The van der Waals surface area contributed by atoms with Gasteiger partial charge in [0.1, 0.15) is 0 Å². The van der Waals surface area contributed by atoms with Crippen molar-refractivity contribution >= 4 is 64.6 Å². The summed E-state index contributed by atoms with van der Waals surface area (Å²) in [5.41, 5.74) is 13.5. The molecule has 0 spiro atoms. The maximum atomic E-state index is 5.12. The number of benzene rings is 11. The van der Waals surface area contributed by atoms with Crippen LogP contribution in [0.3, 0.4) is 0 Å². The van der Waals surface area contributed by atoms with Crippen molar-refractivity contribution in [1.82, 2.24) is 9.97 Å². The number of nitrogens with zero attached hydrogens (tertiary/aromatic N) is 2. The zero-order valence-corrected chi connectivity index (χ0v) is 36.0. The van der Waals surface area contributed by atoms with E-state index in [0.717, 1.165) is 33.6 Å². The van der Waals surface area contributed by atoms with E-state index < -0.39 is 0 Å². The Morgan fingerprint density at radius 2 is 0.500 bits per heavy atom. The Bertz CT molecular complexity index is 3660. The summed E-state index contributed by atoms with van der Waals surface area (Å²) < 4.78 is 0. The van der Waals surface area contributed by atoms with Crippen molar-refractivity contribution in [2.24, 2.45) is 0 Å². The van der Waals surface area contributed by atoms with Gasteiger partial charge in [-0.3, -0.25) is 9.97 Å². The van der Waals surface area contributed by atoms with Crippen LogP contribution in [0.5, 0.6) is 0 Å². The first-order valence-electron chi connectivity index (χ1n) is 22.6. The number of pyridine rings is 2. The molecule has 0 N–H and O–H groups in total. The summed E-state index contributed by atoms with van der Waals surface area (Å²) in [5, 5.41) is 14.8. The molecule has 2 heterocycles. The Labute approximate surface area is 382 Å². The number of hydrogen-bond donors (Lipinski definition) is 0. The van der Waals surface area contributed by atoms with E-state index in [-0.39, 0.29) is 0 Å². The van der Waals surface area contributed by atoms with Crippen molar-refractivity contribution in [3.05, 3.63) is 243 Å². The van der Waals surface area contributed by atoms with Crippen LogP contribution in [0, 0.1) is 0 Å². The summed E-state index contributed by atoms with van der Waals surface area (Å²) in [7, 11) is 0. The average Bonchev–Trinajstić information content (AvgIpc) is 3.39. The van der Waals surface area contributed by atoms with Crippen LogP contribution in [0.4, 0.5) is 0 Å². The van der Waals surface area contributed by atoms with E-state index in [1.807, 2.05) is 12.4 Å². The number of fused-ring (bicyclic) bond motifs is 6. The van der Waals surface area contributed by atoms with Crippen LogP contribution in [0.1, 0.15) is 0 Å². The molecule has 2 heteroatoms. The van der Waals surface area contributed by atoms with E-state index in [2.05, 4.69) is 231 Å². The van der Waals surface area contributed by atoms with Gasteiger partial charge >= 0.3 is 0 Å². The zero-order chi connectivity index (χ0) is 43.6. The molecule has 0 unspecified atom stereocenters. The normalized spacial score (nSPS) is 11.6. The first-order chi connectivity index (χ1) is 32.7. The van der Waals surface area contributed by atoms with Gasteiger partial charge in [0.05, 0.1) is 11.4 Å². The quantitative estimate of drug-likeness (QED) is 0.156. The van der Waals surface area contributed by atoms with Crippen LogP contribution in [-0.2, 0) is 0 Å². The minimum atomic E-state index is 0.919. The summed E-state index contributed by atoms with van der Waals surface area (Å²) >= 11 is 0. The molecule has 0 bridgehead atoms. The van der Waals surface area contributed by atoms with Crippen molar-refractivity contribution in [2.75, 3.05) is 0 Å². The highest BCUT2D eigenvalue weighted by Gasteiger charge is 2.19. The lowest BCUT2D eigenvalue weighted by Gasteiger charge is -2.18. The molecular formula is C64H40N2. The van der Waals surface area contributed by atoms with E-state index in [1.165, 1.54) is 98.0 Å². The van der Waals surface area contributed by atoms with Crippen molar-refractivity contribution in [3.8, 4) is 67.0 Å². The number of hydrogen-bond acceptors (Lipinski definition) is 2. The molecule has 0 aliphatic carbocycles. The smallest absolute Gasteiger partial charge is 0.0702 e. The Morgan fingerprint density at radius 1 is 0.197 bits per heavy atom. The van der Waals surface area contributed by atoms with Gasteiger partial charge in [0.2, 0.25) is 0 Å². The first kappa shape index (κ1) is 37.8. The summed E-state index contributed by atoms with van der Waals surface area (Å²) in [6, 6.07) is 83.4. The van der Waals surface area contributed by atoms with Crippen LogP contribution >= 0.6 is 0 Å². The largest absolute Gasteiger partial charge is 0.256 e. The van der Waals surface area contributed by atoms with Gasteiger partial charge in [-0.1, -0.05) is 200 Å². The number of aromatic nitrogens is 2. The third-order valence-corrected chi connectivity index (χ3v) is 13.5. The van der Waals surface area contributed by atoms with Crippen molar-refractivity contribution < 1.29 is 0 Å². The van der Waals surface area contributed by atoms with Crippen LogP contribution < -0.4 is 0 Å². The lowest BCUT2D eigenvalue weighted by atomic mass is 9.86. The molecule has 0 atom stereocenters. The maximum absolute atomic E-state index is 5.12. The van der Waals surface area contributed by atoms with Crippen molar-refractivity contribution in [1.29, 1.82) is 0 Å². The molecule has 0 aliphatic rings. The topological polar surface area (TPSA) is 25.8 Å². The van der Waals surface area contributed by atoms with Gasteiger partial charge in [-0.05, 0) is 128 Å². The molecule has 13 aromatic rings. The van der Waals surface area contributed by atoms with Gasteiger partial charge in [0.25, 0.3) is 0 Å². The highest BCUT2D eigenvalue weighted by Crippen LogP contribution is 2.46. The minimum absolute atomic E-state index is 0.919. The fourth-order valence-electron chi connectivity index (χ4n) is 10.5. The maximum Gasteiger partial charge on any atom is 0.0702 e. The minimum Gasteiger partial charge on any atom is -0.256 e. The van der Waals surface area contributed by atoms with Gasteiger partial charge in [-0.2, -0.15) is 0 Å². The van der Waals surface area contributed by atoms with E-state index in [4.69, 9.17) is 9.97 Å². The molecule has 0 aliphatic heterocycles. The van der Waals surface area contributed by atoms with Crippen molar-refractivity contribution in [2.45, 2.75) is 0 Å². The fourth-order valence-corrected chi connectivity index (χ4v) is 10.5. The summed E-state index contributed by atoms with van der Waals surface area (Å²) in [6.07, 6.45) is 4.08. The molecule has 0 saturated carbocycles. The predicted octanol–water partition coefficient (Wildman–Crippen LogP) is 17.4. The van der Waals surface area contributed by atoms with Gasteiger partial charge < -0.3 is 0 Å². The molecule has 13 rings (SSSR count). The Hall–Kier alpha value is -8.72. The first-order valence-corrected chi connectivity index (χ1v) is 22.6. The predicted molar refractivity (Wildman–Crippen MR) is 280 cm³/mol. The SMILES string of the molecule is c1cc(-c2ccc(-c3c4ccccc4c(-c4ccc5ccccc5c4)c4ccccc34)cn2)cc(-c2ccc(-c3c4ccccc4c(-c4ccc5ccccc5c4)c4ccccc34)cn2)c1. The molecule has 0 fully saturated rings. The summed E-state index contributed by atoms with van der Waals surface area (Å²) in [4.78, 5) is 10.2. The van der Waals surface area contributed by atoms with Gasteiger partial charge in [0, 0.05) is 34.6 Å². The summed E-state index contributed by atoms with van der Waals surface area (Å²) in [5.74, 6) is 0. The third kappa shape index (κ3) is 6.26. The lowest BCUT2D eigenvalue weighted by molar-refractivity contribution is 1.31. The molecule has 66 heavy (non-hydrogen) atoms. The zero-order valence-electron chi connectivity index (χ0n) is 36.0.